The molecule has 2 atom stereocenters. The fourth-order valence-electron chi connectivity index (χ4n) is 1.84. The molecule has 0 aliphatic carbocycles. The minimum Gasteiger partial charge on any atom is -0.483 e. The number of halogens is 3. The van der Waals surface area contributed by atoms with Gasteiger partial charge in [-0.15, -0.1) is 0 Å². The fourth-order valence-corrected chi connectivity index (χ4v) is 2.44. The Balaban J connectivity index is 2.30. The Bertz CT molecular complexity index is 587. The lowest BCUT2D eigenvalue weighted by molar-refractivity contribution is 0.178. The average molecular weight is 403 g/mol. The van der Waals surface area contributed by atoms with Crippen LogP contribution < -0.4 is 10.5 Å². The summed E-state index contributed by atoms with van der Waals surface area (Å²) in [5.41, 5.74) is 6.94. The van der Waals surface area contributed by atoms with Crippen LogP contribution in [-0.4, -0.2) is 6.04 Å². The molecule has 0 saturated heterocycles. The molecule has 0 spiro atoms. The molecule has 2 aromatic carbocycles. The number of ether oxygens (including phenoxy) is 1. The van der Waals surface area contributed by atoms with Crippen LogP contribution in [0.5, 0.6) is 5.75 Å². The van der Waals surface area contributed by atoms with Crippen molar-refractivity contribution in [1.82, 2.24) is 0 Å². The molecule has 0 aromatic heterocycles. The van der Waals surface area contributed by atoms with Gasteiger partial charge in [-0.2, -0.15) is 0 Å². The molecule has 0 aliphatic rings. The summed E-state index contributed by atoms with van der Waals surface area (Å²) in [5, 5.41) is 0. The van der Waals surface area contributed by atoms with Crippen LogP contribution in [0, 0.1) is 5.82 Å². The van der Waals surface area contributed by atoms with E-state index in [2.05, 4.69) is 31.9 Å². The van der Waals surface area contributed by atoms with Crippen LogP contribution in [0.2, 0.25) is 0 Å². The van der Waals surface area contributed by atoms with Gasteiger partial charge >= 0.3 is 0 Å². The Kier molecular flexibility index (Phi) is 5.18. The van der Waals surface area contributed by atoms with Crippen molar-refractivity contribution in [3.8, 4) is 5.75 Å². The third kappa shape index (κ3) is 3.81. The third-order valence-corrected chi connectivity index (χ3v) is 4.01. The molecule has 2 N–H and O–H groups in total. The lowest BCUT2D eigenvalue weighted by Gasteiger charge is -2.23. The van der Waals surface area contributed by atoms with Crippen LogP contribution >= 0.6 is 31.9 Å². The summed E-state index contributed by atoms with van der Waals surface area (Å²) in [6.45, 7) is 1.86. The maximum Gasteiger partial charge on any atom is 0.139 e. The lowest BCUT2D eigenvalue weighted by Crippen LogP contribution is -2.29. The van der Waals surface area contributed by atoms with Crippen molar-refractivity contribution >= 4 is 31.9 Å². The van der Waals surface area contributed by atoms with Crippen LogP contribution in [0.4, 0.5) is 4.39 Å². The molecule has 0 aliphatic heterocycles. The molecular formula is C15H14Br2FNO. The van der Waals surface area contributed by atoms with Gasteiger partial charge in [-0.05, 0) is 52.7 Å². The molecule has 0 amide bonds. The van der Waals surface area contributed by atoms with Gasteiger partial charge in [0.15, 0.2) is 0 Å². The maximum absolute atomic E-state index is 13.3. The predicted molar refractivity (Wildman–Crippen MR) is 85.3 cm³/mol. The van der Waals surface area contributed by atoms with E-state index in [-0.39, 0.29) is 18.0 Å². The van der Waals surface area contributed by atoms with Gasteiger partial charge in [-0.1, -0.05) is 28.1 Å². The monoisotopic (exact) mass is 401 g/mol. The van der Waals surface area contributed by atoms with Crippen molar-refractivity contribution in [2.45, 2.75) is 19.1 Å². The van der Waals surface area contributed by atoms with Gasteiger partial charge in [0.2, 0.25) is 0 Å². The zero-order valence-electron chi connectivity index (χ0n) is 10.8. The van der Waals surface area contributed by atoms with E-state index in [1.807, 2.05) is 31.2 Å². The highest BCUT2D eigenvalue weighted by molar-refractivity contribution is 9.10. The summed E-state index contributed by atoms with van der Waals surface area (Å²) in [5.74, 6) is 0.0950. The largest absolute Gasteiger partial charge is 0.483 e. The fraction of sp³-hybridized carbons (Fsp3) is 0.200. The second-order valence-corrected chi connectivity index (χ2v) is 6.29. The van der Waals surface area contributed by atoms with E-state index in [4.69, 9.17) is 10.5 Å². The van der Waals surface area contributed by atoms with Gasteiger partial charge in [0.05, 0.1) is 4.47 Å². The molecule has 106 valence electrons. The minimum absolute atomic E-state index is 0.230. The van der Waals surface area contributed by atoms with Crippen molar-refractivity contribution in [3.05, 3.63) is 62.8 Å². The molecule has 5 heteroatoms. The Hall–Kier alpha value is -0.910. The molecule has 0 bridgehead atoms. The van der Waals surface area contributed by atoms with Crippen LogP contribution in [-0.2, 0) is 0 Å². The highest BCUT2D eigenvalue weighted by Gasteiger charge is 2.19. The van der Waals surface area contributed by atoms with E-state index in [9.17, 15) is 4.39 Å². The number of benzene rings is 2. The molecule has 0 heterocycles. The van der Waals surface area contributed by atoms with Crippen molar-refractivity contribution < 1.29 is 9.13 Å². The molecule has 2 aromatic rings. The Morgan fingerprint density at radius 1 is 1.10 bits per heavy atom. The molecule has 0 radical (unpaired) electrons. The normalized spacial score (nSPS) is 13.8. The first kappa shape index (κ1) is 15.5. The highest BCUT2D eigenvalue weighted by Crippen LogP contribution is 2.31. The topological polar surface area (TPSA) is 35.2 Å². The van der Waals surface area contributed by atoms with E-state index in [0.29, 0.717) is 10.2 Å². The number of hydrogen-bond donors (Lipinski definition) is 1. The van der Waals surface area contributed by atoms with Crippen LogP contribution in [0.1, 0.15) is 18.6 Å². The van der Waals surface area contributed by atoms with Gasteiger partial charge in [0.1, 0.15) is 17.7 Å². The predicted octanol–water partition coefficient (Wildman–Crippen LogP) is 4.82. The maximum atomic E-state index is 13.3. The van der Waals surface area contributed by atoms with E-state index in [0.717, 1.165) is 10.0 Å². The Morgan fingerprint density at radius 2 is 1.75 bits per heavy atom. The quantitative estimate of drug-likeness (QED) is 0.795. The number of nitrogens with two attached hydrogens (primary N) is 1. The smallest absolute Gasteiger partial charge is 0.139 e. The highest BCUT2D eigenvalue weighted by atomic mass is 79.9. The molecule has 20 heavy (non-hydrogen) atoms. The van der Waals surface area contributed by atoms with Gasteiger partial charge in [0, 0.05) is 16.6 Å². The lowest BCUT2D eigenvalue weighted by atomic mass is 10.0. The Labute approximate surface area is 134 Å². The molecule has 2 unspecified atom stereocenters. The first-order valence-electron chi connectivity index (χ1n) is 6.10. The summed E-state index contributed by atoms with van der Waals surface area (Å²) in [4.78, 5) is 0. The third-order valence-electron chi connectivity index (χ3n) is 2.82. The molecule has 2 rings (SSSR count). The van der Waals surface area contributed by atoms with Crippen LogP contribution in [0.15, 0.2) is 51.4 Å². The summed E-state index contributed by atoms with van der Waals surface area (Å²) in [6, 6.07) is 11.8. The summed E-state index contributed by atoms with van der Waals surface area (Å²) in [6.07, 6.45) is -0.346. The van der Waals surface area contributed by atoms with Gasteiger partial charge < -0.3 is 10.5 Å². The first-order chi connectivity index (χ1) is 9.47. The van der Waals surface area contributed by atoms with Crippen molar-refractivity contribution in [1.29, 1.82) is 0 Å². The Morgan fingerprint density at radius 3 is 2.35 bits per heavy atom. The van der Waals surface area contributed by atoms with Crippen molar-refractivity contribution in [3.63, 3.8) is 0 Å². The SMILES string of the molecule is CC(N)C(Oc1cc(F)ccc1Br)c1ccc(Br)cc1. The van der Waals surface area contributed by atoms with Crippen LogP contribution in [0.25, 0.3) is 0 Å². The molecule has 0 saturated carbocycles. The number of hydrogen-bond acceptors (Lipinski definition) is 2. The molecular weight excluding hydrogens is 389 g/mol. The molecule has 2 nitrogen and oxygen atoms in total. The van der Waals surface area contributed by atoms with Crippen molar-refractivity contribution in [2.24, 2.45) is 5.73 Å². The standard InChI is InChI=1S/C15H14Br2FNO/c1-9(19)15(10-2-4-11(16)5-3-10)20-14-8-12(18)6-7-13(14)17/h2-9,15H,19H2,1H3. The van der Waals surface area contributed by atoms with Gasteiger partial charge in [-0.3, -0.25) is 0 Å². The van der Waals surface area contributed by atoms with E-state index in [1.54, 1.807) is 6.07 Å². The summed E-state index contributed by atoms with van der Waals surface area (Å²) in [7, 11) is 0. The summed E-state index contributed by atoms with van der Waals surface area (Å²) < 4.78 is 20.9. The second kappa shape index (κ2) is 6.70. The summed E-state index contributed by atoms with van der Waals surface area (Å²) >= 11 is 6.74. The van der Waals surface area contributed by atoms with Gasteiger partial charge in [-0.25, -0.2) is 4.39 Å². The number of rotatable bonds is 4. The minimum atomic E-state index is -0.346. The van der Waals surface area contributed by atoms with E-state index in [1.165, 1.54) is 12.1 Å². The first-order valence-corrected chi connectivity index (χ1v) is 7.68. The van der Waals surface area contributed by atoms with Crippen LogP contribution in [0.3, 0.4) is 0 Å². The zero-order valence-corrected chi connectivity index (χ0v) is 14.0. The van der Waals surface area contributed by atoms with E-state index >= 15 is 0 Å². The second-order valence-electron chi connectivity index (χ2n) is 4.52. The average Bonchev–Trinajstić information content (AvgIpc) is 2.40. The van der Waals surface area contributed by atoms with Crippen molar-refractivity contribution in [2.75, 3.05) is 0 Å². The van der Waals surface area contributed by atoms with E-state index < -0.39 is 0 Å². The zero-order chi connectivity index (χ0) is 14.7. The molecule has 0 fully saturated rings. The van der Waals surface area contributed by atoms with Gasteiger partial charge in [0.25, 0.3) is 0 Å².